The van der Waals surface area contributed by atoms with Gasteiger partial charge in [-0.2, -0.15) is 18.3 Å². The van der Waals surface area contributed by atoms with Gasteiger partial charge >= 0.3 is 6.18 Å². The minimum atomic E-state index is -4.52. The second-order valence-electron chi connectivity index (χ2n) is 4.23. The van der Waals surface area contributed by atoms with Crippen molar-refractivity contribution >= 4 is 5.91 Å². The number of aromatic nitrogens is 2. The molecule has 0 aliphatic rings. The number of nitrogens with zero attached hydrogens (tertiary/aromatic N) is 1. The third-order valence-electron chi connectivity index (χ3n) is 2.73. The standard InChI is InChI=1S/C13H12F3N3O/c14-13(15,16)11(8-9-4-2-1-3-5-9)18-12(20)10-6-7-17-19-10/h1-7,11H,8H2,(H,17,19)(H,18,20). The van der Waals surface area contributed by atoms with E-state index in [-0.39, 0.29) is 12.1 Å². The van der Waals surface area contributed by atoms with Gasteiger partial charge in [-0.25, -0.2) is 0 Å². The number of hydrogen-bond donors (Lipinski definition) is 2. The Morgan fingerprint density at radius 2 is 1.95 bits per heavy atom. The highest BCUT2D eigenvalue weighted by atomic mass is 19.4. The van der Waals surface area contributed by atoms with Gasteiger partial charge < -0.3 is 5.32 Å². The van der Waals surface area contributed by atoms with Crippen LogP contribution in [-0.2, 0) is 6.42 Å². The van der Waals surface area contributed by atoms with E-state index in [0.717, 1.165) is 0 Å². The molecule has 0 bridgehead atoms. The van der Waals surface area contributed by atoms with Crippen LogP contribution in [0.5, 0.6) is 0 Å². The molecule has 0 saturated heterocycles. The van der Waals surface area contributed by atoms with Crippen molar-refractivity contribution in [3.63, 3.8) is 0 Å². The largest absolute Gasteiger partial charge is 0.408 e. The molecule has 1 heterocycles. The number of halogens is 3. The van der Waals surface area contributed by atoms with Crippen molar-refractivity contribution in [1.82, 2.24) is 15.5 Å². The molecule has 7 heteroatoms. The lowest BCUT2D eigenvalue weighted by Crippen LogP contribution is -2.46. The molecule has 4 nitrogen and oxygen atoms in total. The molecule has 0 aliphatic carbocycles. The van der Waals surface area contributed by atoms with Crippen molar-refractivity contribution in [1.29, 1.82) is 0 Å². The molecule has 2 aromatic rings. The summed E-state index contributed by atoms with van der Waals surface area (Å²) in [5, 5.41) is 7.83. The van der Waals surface area contributed by atoms with E-state index in [4.69, 9.17) is 0 Å². The molecule has 1 aromatic heterocycles. The first-order chi connectivity index (χ1) is 9.47. The Kier molecular flexibility index (Phi) is 4.07. The van der Waals surface area contributed by atoms with E-state index in [1.807, 2.05) is 5.32 Å². The third-order valence-corrected chi connectivity index (χ3v) is 2.73. The number of hydrogen-bond acceptors (Lipinski definition) is 2. The zero-order chi connectivity index (χ0) is 14.6. The fraction of sp³-hybridized carbons (Fsp3) is 0.231. The van der Waals surface area contributed by atoms with Gasteiger partial charge in [0.15, 0.2) is 0 Å². The highest BCUT2D eigenvalue weighted by Crippen LogP contribution is 2.23. The molecule has 0 saturated carbocycles. The van der Waals surface area contributed by atoms with Crippen LogP contribution in [0.25, 0.3) is 0 Å². The third kappa shape index (κ3) is 3.59. The van der Waals surface area contributed by atoms with E-state index in [2.05, 4.69) is 10.2 Å². The number of rotatable bonds is 4. The van der Waals surface area contributed by atoms with E-state index in [1.54, 1.807) is 30.3 Å². The van der Waals surface area contributed by atoms with Crippen LogP contribution in [0.4, 0.5) is 13.2 Å². The predicted octanol–water partition coefficient (Wildman–Crippen LogP) is 2.31. The van der Waals surface area contributed by atoms with Crippen molar-refractivity contribution in [2.45, 2.75) is 18.6 Å². The molecular weight excluding hydrogens is 271 g/mol. The second kappa shape index (κ2) is 5.77. The first-order valence-electron chi connectivity index (χ1n) is 5.87. The molecule has 0 fully saturated rings. The fourth-order valence-corrected chi connectivity index (χ4v) is 1.72. The van der Waals surface area contributed by atoms with Crippen LogP contribution in [0.3, 0.4) is 0 Å². The Morgan fingerprint density at radius 3 is 2.50 bits per heavy atom. The summed E-state index contributed by atoms with van der Waals surface area (Å²) in [4.78, 5) is 11.7. The highest BCUT2D eigenvalue weighted by Gasteiger charge is 2.40. The number of carbonyl (C=O) groups excluding carboxylic acids is 1. The first kappa shape index (κ1) is 14.1. The van der Waals surface area contributed by atoms with E-state index in [1.165, 1.54) is 12.3 Å². The van der Waals surface area contributed by atoms with Crippen LogP contribution < -0.4 is 5.32 Å². The lowest BCUT2D eigenvalue weighted by atomic mass is 10.1. The molecule has 1 aromatic carbocycles. The van der Waals surface area contributed by atoms with E-state index >= 15 is 0 Å². The number of alkyl halides is 3. The molecule has 106 valence electrons. The van der Waals surface area contributed by atoms with Crippen molar-refractivity contribution in [2.24, 2.45) is 0 Å². The summed E-state index contributed by atoms with van der Waals surface area (Å²) in [6, 6.07) is 7.56. The van der Waals surface area contributed by atoms with E-state index in [9.17, 15) is 18.0 Å². The Morgan fingerprint density at radius 1 is 1.25 bits per heavy atom. The molecular formula is C13H12F3N3O. The molecule has 1 unspecified atom stereocenters. The average Bonchev–Trinajstić information content (AvgIpc) is 2.92. The molecule has 2 N–H and O–H groups in total. The lowest BCUT2D eigenvalue weighted by molar-refractivity contribution is -0.153. The number of benzene rings is 1. The average molecular weight is 283 g/mol. The lowest BCUT2D eigenvalue weighted by Gasteiger charge is -2.21. The zero-order valence-corrected chi connectivity index (χ0v) is 10.3. The number of carbonyl (C=O) groups is 1. The summed E-state index contributed by atoms with van der Waals surface area (Å²) < 4.78 is 38.9. The molecule has 1 amide bonds. The van der Waals surface area contributed by atoms with Gasteiger partial charge in [0, 0.05) is 12.6 Å². The maximum Gasteiger partial charge on any atom is 0.408 e. The summed E-state index contributed by atoms with van der Waals surface area (Å²) in [5.74, 6) is -0.833. The van der Waals surface area contributed by atoms with Crippen molar-refractivity contribution in [3.8, 4) is 0 Å². The molecule has 2 rings (SSSR count). The van der Waals surface area contributed by atoms with Crippen LogP contribution in [0.15, 0.2) is 42.6 Å². The van der Waals surface area contributed by atoms with Gasteiger partial charge in [-0.3, -0.25) is 9.89 Å². The molecule has 0 spiro atoms. The topological polar surface area (TPSA) is 57.8 Å². The van der Waals surface area contributed by atoms with Crippen LogP contribution in [-0.4, -0.2) is 28.3 Å². The van der Waals surface area contributed by atoms with Crippen LogP contribution >= 0.6 is 0 Å². The van der Waals surface area contributed by atoms with E-state index in [0.29, 0.717) is 5.56 Å². The Bertz CT molecular complexity index is 552. The maximum absolute atomic E-state index is 13.0. The van der Waals surface area contributed by atoms with Gasteiger partial charge in [-0.1, -0.05) is 30.3 Å². The van der Waals surface area contributed by atoms with Gasteiger partial charge in [-0.05, 0) is 11.6 Å². The second-order valence-corrected chi connectivity index (χ2v) is 4.23. The predicted molar refractivity (Wildman–Crippen MR) is 66.0 cm³/mol. The van der Waals surface area contributed by atoms with E-state index < -0.39 is 18.1 Å². The Balaban J connectivity index is 2.11. The van der Waals surface area contributed by atoms with Crippen LogP contribution in [0, 0.1) is 0 Å². The summed E-state index contributed by atoms with van der Waals surface area (Å²) in [6.45, 7) is 0. The van der Waals surface area contributed by atoms with Crippen molar-refractivity contribution in [2.75, 3.05) is 0 Å². The minimum Gasteiger partial charge on any atom is -0.339 e. The zero-order valence-electron chi connectivity index (χ0n) is 10.3. The molecule has 0 radical (unpaired) electrons. The SMILES string of the molecule is O=C(NC(Cc1ccccc1)C(F)(F)F)c1ccn[nH]1. The summed E-state index contributed by atoms with van der Waals surface area (Å²) >= 11 is 0. The summed E-state index contributed by atoms with van der Waals surface area (Å²) in [6.07, 6.45) is -3.54. The van der Waals surface area contributed by atoms with Gasteiger partial charge in [0.25, 0.3) is 5.91 Å². The van der Waals surface area contributed by atoms with Gasteiger partial charge in [0.2, 0.25) is 0 Å². The number of nitrogens with one attached hydrogen (secondary N) is 2. The number of H-pyrrole nitrogens is 1. The van der Waals surface area contributed by atoms with Gasteiger partial charge in [0.1, 0.15) is 11.7 Å². The quantitative estimate of drug-likeness (QED) is 0.904. The normalized spacial score (nSPS) is 12.9. The van der Waals surface area contributed by atoms with Crippen molar-refractivity contribution in [3.05, 3.63) is 53.9 Å². The molecule has 1 atom stereocenters. The van der Waals surface area contributed by atoms with Gasteiger partial charge in [0.05, 0.1) is 0 Å². The number of amides is 1. The number of aromatic amines is 1. The van der Waals surface area contributed by atoms with Gasteiger partial charge in [-0.15, -0.1) is 0 Å². The minimum absolute atomic E-state index is 0.00712. The first-order valence-corrected chi connectivity index (χ1v) is 5.87. The summed E-state index contributed by atoms with van der Waals surface area (Å²) in [5.41, 5.74) is 0.493. The highest BCUT2D eigenvalue weighted by molar-refractivity contribution is 5.92. The smallest absolute Gasteiger partial charge is 0.339 e. The molecule has 20 heavy (non-hydrogen) atoms. The van der Waals surface area contributed by atoms with Crippen molar-refractivity contribution < 1.29 is 18.0 Å². The Hall–Kier alpha value is -2.31. The maximum atomic E-state index is 13.0. The molecule has 0 aliphatic heterocycles. The van der Waals surface area contributed by atoms with Crippen LogP contribution in [0.2, 0.25) is 0 Å². The fourth-order valence-electron chi connectivity index (χ4n) is 1.72. The summed E-state index contributed by atoms with van der Waals surface area (Å²) in [7, 11) is 0. The monoisotopic (exact) mass is 283 g/mol. The van der Waals surface area contributed by atoms with Crippen LogP contribution in [0.1, 0.15) is 16.1 Å². The Labute approximate surface area is 113 Å².